The Morgan fingerprint density at radius 3 is 1.58 bits per heavy atom. The fraction of sp³-hybridized carbons (Fsp3) is 1.00. The van der Waals surface area contributed by atoms with Crippen LogP contribution in [0.1, 0.15) is 90.4 Å². The molecular formula is C21H45NO2. The predicted molar refractivity (Wildman–Crippen MR) is 106 cm³/mol. The van der Waals surface area contributed by atoms with Crippen LogP contribution in [0.5, 0.6) is 0 Å². The van der Waals surface area contributed by atoms with Crippen molar-refractivity contribution in [3.05, 3.63) is 0 Å². The van der Waals surface area contributed by atoms with Crippen LogP contribution in [-0.2, 0) is 9.47 Å². The zero-order chi connectivity index (χ0) is 17.9. The number of likely N-dealkylation sites (N-methyl/N-ethyl adjacent to an activating group) is 1. The summed E-state index contributed by atoms with van der Waals surface area (Å²) in [6.45, 7) is 4.81. The molecule has 0 amide bonds. The number of methoxy groups -OCH3 is 1. The highest BCUT2D eigenvalue weighted by Crippen LogP contribution is 2.12. The molecule has 0 spiro atoms. The lowest BCUT2D eigenvalue weighted by Crippen LogP contribution is -2.31. The number of unbranched alkanes of at least 4 members (excludes halogenated alkanes) is 12. The van der Waals surface area contributed by atoms with Crippen molar-refractivity contribution in [2.45, 2.75) is 96.5 Å². The fourth-order valence-corrected chi connectivity index (χ4v) is 3.04. The van der Waals surface area contributed by atoms with Gasteiger partial charge in [0.1, 0.15) is 0 Å². The van der Waals surface area contributed by atoms with Gasteiger partial charge in [-0.05, 0) is 20.5 Å². The smallest absolute Gasteiger partial charge is 0.0930 e. The van der Waals surface area contributed by atoms with Crippen LogP contribution < -0.4 is 0 Å². The average molecular weight is 344 g/mol. The first-order valence-corrected chi connectivity index (χ1v) is 10.5. The van der Waals surface area contributed by atoms with Crippen molar-refractivity contribution in [3.8, 4) is 0 Å². The van der Waals surface area contributed by atoms with Crippen LogP contribution in [-0.4, -0.2) is 52.0 Å². The van der Waals surface area contributed by atoms with Gasteiger partial charge in [-0.3, -0.25) is 0 Å². The van der Waals surface area contributed by atoms with Crippen molar-refractivity contribution in [2.24, 2.45) is 0 Å². The third kappa shape index (κ3) is 18.2. The quantitative estimate of drug-likeness (QED) is 0.282. The van der Waals surface area contributed by atoms with Crippen molar-refractivity contribution < 1.29 is 9.47 Å². The van der Waals surface area contributed by atoms with Gasteiger partial charge in [0.2, 0.25) is 0 Å². The Morgan fingerprint density at radius 2 is 1.17 bits per heavy atom. The molecular weight excluding hydrogens is 298 g/mol. The first-order valence-electron chi connectivity index (χ1n) is 10.5. The highest BCUT2D eigenvalue weighted by molar-refractivity contribution is 4.59. The van der Waals surface area contributed by atoms with E-state index in [1.54, 1.807) is 7.11 Å². The van der Waals surface area contributed by atoms with E-state index in [1.807, 2.05) is 0 Å². The number of hydrogen-bond donors (Lipinski definition) is 0. The molecule has 0 aromatic rings. The maximum Gasteiger partial charge on any atom is 0.0930 e. The van der Waals surface area contributed by atoms with Gasteiger partial charge in [0, 0.05) is 20.3 Å². The van der Waals surface area contributed by atoms with E-state index in [0.717, 1.165) is 13.2 Å². The zero-order valence-corrected chi connectivity index (χ0v) is 17.2. The SMILES string of the molecule is CCCCCCCCCCCCCCCOCC(CN(C)C)OC. The van der Waals surface area contributed by atoms with Crippen LogP contribution in [0.25, 0.3) is 0 Å². The fourth-order valence-electron chi connectivity index (χ4n) is 3.04. The van der Waals surface area contributed by atoms with E-state index in [1.165, 1.54) is 83.5 Å². The highest BCUT2D eigenvalue weighted by atomic mass is 16.5. The molecule has 0 aromatic heterocycles. The molecule has 24 heavy (non-hydrogen) atoms. The molecule has 0 aliphatic carbocycles. The van der Waals surface area contributed by atoms with E-state index in [-0.39, 0.29) is 6.10 Å². The normalized spacial score (nSPS) is 12.9. The molecule has 0 aliphatic rings. The second kappa shape index (κ2) is 19.2. The Labute approximate surface area is 152 Å². The number of ether oxygens (including phenoxy) is 2. The first-order chi connectivity index (χ1) is 11.7. The van der Waals surface area contributed by atoms with E-state index < -0.39 is 0 Å². The van der Waals surface area contributed by atoms with E-state index >= 15 is 0 Å². The molecule has 0 saturated carbocycles. The van der Waals surface area contributed by atoms with Gasteiger partial charge < -0.3 is 14.4 Å². The zero-order valence-electron chi connectivity index (χ0n) is 17.2. The predicted octanol–water partition coefficient (Wildman–Crippen LogP) is 5.67. The molecule has 0 fully saturated rings. The van der Waals surface area contributed by atoms with Gasteiger partial charge in [0.25, 0.3) is 0 Å². The molecule has 0 heterocycles. The van der Waals surface area contributed by atoms with Gasteiger partial charge in [0.15, 0.2) is 0 Å². The summed E-state index contributed by atoms with van der Waals surface area (Å²) in [6, 6.07) is 0. The highest BCUT2D eigenvalue weighted by Gasteiger charge is 2.08. The summed E-state index contributed by atoms with van der Waals surface area (Å²) >= 11 is 0. The average Bonchev–Trinajstić information content (AvgIpc) is 2.56. The standard InChI is InChI=1S/C21H45NO2/c1-5-6-7-8-9-10-11-12-13-14-15-16-17-18-24-20-21(23-4)19-22(2)3/h21H,5-20H2,1-4H3. The van der Waals surface area contributed by atoms with E-state index in [4.69, 9.17) is 9.47 Å². The third-order valence-electron chi connectivity index (χ3n) is 4.60. The Morgan fingerprint density at radius 1 is 0.708 bits per heavy atom. The minimum atomic E-state index is 0.196. The minimum absolute atomic E-state index is 0.196. The van der Waals surface area contributed by atoms with Crippen molar-refractivity contribution in [1.82, 2.24) is 4.90 Å². The van der Waals surface area contributed by atoms with Crippen LogP contribution in [0, 0.1) is 0 Å². The summed E-state index contributed by atoms with van der Waals surface area (Å²) in [5.41, 5.74) is 0. The lowest BCUT2D eigenvalue weighted by Gasteiger charge is -2.19. The van der Waals surface area contributed by atoms with Crippen LogP contribution >= 0.6 is 0 Å². The summed E-state index contributed by atoms with van der Waals surface area (Å²) in [5, 5.41) is 0. The monoisotopic (exact) mass is 343 g/mol. The largest absolute Gasteiger partial charge is 0.379 e. The lowest BCUT2D eigenvalue weighted by atomic mass is 10.0. The van der Waals surface area contributed by atoms with Crippen LogP contribution in [0.15, 0.2) is 0 Å². The number of rotatable bonds is 19. The molecule has 0 aromatic carbocycles. The molecule has 0 saturated heterocycles. The molecule has 0 radical (unpaired) electrons. The number of hydrogen-bond acceptors (Lipinski definition) is 3. The molecule has 3 heteroatoms. The minimum Gasteiger partial charge on any atom is -0.379 e. The van der Waals surface area contributed by atoms with Crippen LogP contribution in [0.2, 0.25) is 0 Å². The Kier molecular flexibility index (Phi) is 19.1. The molecule has 1 unspecified atom stereocenters. The summed E-state index contributed by atoms with van der Waals surface area (Å²) < 4.78 is 11.1. The van der Waals surface area contributed by atoms with Crippen LogP contribution in [0.3, 0.4) is 0 Å². The Hall–Kier alpha value is -0.120. The van der Waals surface area contributed by atoms with E-state index in [2.05, 4.69) is 25.9 Å². The second-order valence-corrected chi connectivity index (χ2v) is 7.44. The van der Waals surface area contributed by atoms with Gasteiger partial charge in [0.05, 0.1) is 12.7 Å². The second-order valence-electron chi connectivity index (χ2n) is 7.44. The molecule has 0 N–H and O–H groups in total. The summed E-state index contributed by atoms with van der Waals surface area (Å²) in [7, 11) is 5.90. The summed E-state index contributed by atoms with van der Waals surface area (Å²) in [6.07, 6.45) is 18.3. The van der Waals surface area contributed by atoms with Crippen LogP contribution in [0.4, 0.5) is 0 Å². The third-order valence-corrected chi connectivity index (χ3v) is 4.60. The molecule has 0 bridgehead atoms. The van der Waals surface area contributed by atoms with Crippen molar-refractivity contribution >= 4 is 0 Å². The summed E-state index contributed by atoms with van der Waals surface area (Å²) in [5.74, 6) is 0. The maximum absolute atomic E-state index is 5.74. The first kappa shape index (κ1) is 23.9. The van der Waals surface area contributed by atoms with Crippen molar-refractivity contribution in [1.29, 1.82) is 0 Å². The molecule has 146 valence electrons. The van der Waals surface area contributed by atoms with Crippen molar-refractivity contribution in [2.75, 3.05) is 41.0 Å². The Balaban J connectivity index is 3.14. The number of nitrogens with zero attached hydrogens (tertiary/aromatic N) is 1. The van der Waals surface area contributed by atoms with Gasteiger partial charge in [-0.15, -0.1) is 0 Å². The van der Waals surface area contributed by atoms with Gasteiger partial charge in [-0.25, -0.2) is 0 Å². The molecule has 1 atom stereocenters. The van der Waals surface area contributed by atoms with Crippen molar-refractivity contribution in [3.63, 3.8) is 0 Å². The lowest BCUT2D eigenvalue weighted by molar-refractivity contribution is -0.00401. The van der Waals surface area contributed by atoms with E-state index in [9.17, 15) is 0 Å². The summed E-state index contributed by atoms with van der Waals surface area (Å²) in [4.78, 5) is 2.14. The van der Waals surface area contributed by atoms with Gasteiger partial charge in [-0.1, -0.05) is 84.0 Å². The molecule has 0 aliphatic heterocycles. The van der Waals surface area contributed by atoms with Gasteiger partial charge >= 0.3 is 0 Å². The molecule has 0 rings (SSSR count). The van der Waals surface area contributed by atoms with E-state index in [0.29, 0.717) is 6.61 Å². The van der Waals surface area contributed by atoms with Gasteiger partial charge in [-0.2, -0.15) is 0 Å². The Bertz CT molecular complexity index is 234. The maximum atomic E-state index is 5.74. The topological polar surface area (TPSA) is 21.7 Å². The molecule has 3 nitrogen and oxygen atoms in total.